The van der Waals surface area contributed by atoms with Gasteiger partial charge in [-0.05, 0) is 73.4 Å². The van der Waals surface area contributed by atoms with Crippen LogP contribution in [0.2, 0.25) is 0 Å². The number of nitrogens with one attached hydrogen (secondary N) is 1. The van der Waals surface area contributed by atoms with Gasteiger partial charge in [0, 0.05) is 24.8 Å². The topological polar surface area (TPSA) is 105 Å². The maximum Gasteiger partial charge on any atom is 0.344 e. The zero-order valence-corrected chi connectivity index (χ0v) is 20.3. The summed E-state index contributed by atoms with van der Waals surface area (Å²) in [5.74, 6) is 0.0244. The van der Waals surface area contributed by atoms with Crippen LogP contribution in [-0.4, -0.2) is 47.0 Å². The van der Waals surface area contributed by atoms with Crippen LogP contribution in [0.15, 0.2) is 54.7 Å². The number of nitrogens with zero attached hydrogens (tertiary/aromatic N) is 3. The van der Waals surface area contributed by atoms with Crippen LogP contribution in [-0.2, 0) is 4.74 Å². The van der Waals surface area contributed by atoms with Gasteiger partial charge in [-0.15, -0.1) is 0 Å². The first-order valence-electron chi connectivity index (χ1n) is 12.4. The predicted molar refractivity (Wildman–Crippen MR) is 137 cm³/mol. The molecule has 0 spiro atoms. The zero-order chi connectivity index (χ0) is 26.2. The Morgan fingerprint density at radius 1 is 1.16 bits per heavy atom. The van der Waals surface area contributed by atoms with Gasteiger partial charge in [-0.2, -0.15) is 5.26 Å². The average Bonchev–Trinajstić information content (AvgIpc) is 3.18. The molecule has 0 atom stereocenters. The van der Waals surface area contributed by atoms with Crippen molar-refractivity contribution >= 4 is 29.5 Å². The lowest BCUT2D eigenvalue weighted by Crippen LogP contribution is -2.57. The van der Waals surface area contributed by atoms with E-state index in [0.717, 1.165) is 19.3 Å². The average molecular weight is 511 g/mol. The molecule has 2 fully saturated rings. The molecule has 0 radical (unpaired) electrons. The number of fused-ring (bicyclic) bond motifs is 1. The number of halogens is 1. The molecule has 1 aliphatic carbocycles. The van der Waals surface area contributed by atoms with E-state index in [2.05, 4.69) is 16.4 Å². The Morgan fingerprint density at radius 2 is 2.00 bits per heavy atom. The maximum absolute atomic E-state index is 14.7. The number of amides is 1. The van der Waals surface area contributed by atoms with Gasteiger partial charge >= 0.3 is 5.97 Å². The number of rotatable bonds is 6. The minimum Gasteiger partial charge on any atom is -0.490 e. The van der Waals surface area contributed by atoms with Crippen molar-refractivity contribution in [2.24, 2.45) is 0 Å². The fourth-order valence-electron chi connectivity index (χ4n) is 4.62. The summed E-state index contributed by atoms with van der Waals surface area (Å²) in [4.78, 5) is 31.1. The summed E-state index contributed by atoms with van der Waals surface area (Å²) in [6, 6.07) is 14.7. The first-order valence-corrected chi connectivity index (χ1v) is 12.4. The first kappa shape index (κ1) is 23.7. The summed E-state index contributed by atoms with van der Waals surface area (Å²) in [7, 11) is 0. The van der Waals surface area contributed by atoms with Gasteiger partial charge in [0.2, 0.25) is 0 Å². The van der Waals surface area contributed by atoms with E-state index < -0.39 is 17.7 Å². The van der Waals surface area contributed by atoms with Crippen LogP contribution in [0.25, 0.3) is 11.8 Å². The minimum absolute atomic E-state index is 0.0560. The van der Waals surface area contributed by atoms with Crippen LogP contribution in [0.4, 0.5) is 10.2 Å². The van der Waals surface area contributed by atoms with E-state index in [1.54, 1.807) is 42.6 Å². The molecule has 38 heavy (non-hydrogen) atoms. The molecule has 190 valence electrons. The van der Waals surface area contributed by atoms with Crippen LogP contribution in [0.3, 0.4) is 0 Å². The van der Waals surface area contributed by atoms with Gasteiger partial charge in [0.05, 0.1) is 34.9 Å². The SMILES string of the molecule is N#Cc1ccnc(NC2CN(C(=O)c3cc(/C=C4/OC(=O)c5ccc(OC6CCC6)cc54)ccc3F)C2)c1. The number of ether oxygens (including phenoxy) is 2. The summed E-state index contributed by atoms with van der Waals surface area (Å²) in [6.45, 7) is 0.744. The van der Waals surface area contributed by atoms with Gasteiger partial charge in [0.15, 0.2) is 0 Å². The number of anilines is 1. The second kappa shape index (κ2) is 9.63. The van der Waals surface area contributed by atoms with Gasteiger partial charge in [-0.3, -0.25) is 4.79 Å². The molecule has 8 nitrogen and oxygen atoms in total. The quantitative estimate of drug-likeness (QED) is 0.482. The van der Waals surface area contributed by atoms with E-state index in [4.69, 9.17) is 14.7 Å². The van der Waals surface area contributed by atoms with Crippen LogP contribution >= 0.6 is 0 Å². The van der Waals surface area contributed by atoms with Crippen LogP contribution in [0, 0.1) is 17.1 Å². The van der Waals surface area contributed by atoms with Crippen molar-refractivity contribution in [2.45, 2.75) is 31.4 Å². The highest BCUT2D eigenvalue weighted by atomic mass is 19.1. The van der Waals surface area contributed by atoms with Crippen molar-refractivity contribution in [1.82, 2.24) is 9.88 Å². The Hall–Kier alpha value is -4.71. The molecule has 0 unspecified atom stereocenters. The van der Waals surface area contributed by atoms with Crippen molar-refractivity contribution < 1.29 is 23.5 Å². The molecule has 9 heteroatoms. The molecular weight excluding hydrogens is 487 g/mol. The molecule has 1 saturated carbocycles. The second-order valence-corrected chi connectivity index (χ2v) is 9.61. The number of carbonyl (C=O) groups excluding carboxylic acids is 2. The highest BCUT2D eigenvalue weighted by Crippen LogP contribution is 2.35. The Kier molecular flexibility index (Phi) is 6.00. The van der Waals surface area contributed by atoms with Gasteiger partial charge < -0.3 is 19.7 Å². The highest BCUT2D eigenvalue weighted by molar-refractivity contribution is 6.06. The molecule has 1 amide bonds. The third-order valence-corrected chi connectivity index (χ3v) is 6.96. The van der Waals surface area contributed by atoms with E-state index in [1.807, 2.05) is 0 Å². The van der Waals surface area contributed by atoms with Gasteiger partial charge in [-0.1, -0.05) is 6.07 Å². The first-order chi connectivity index (χ1) is 18.5. The molecule has 3 aliphatic rings. The summed E-state index contributed by atoms with van der Waals surface area (Å²) >= 11 is 0. The number of nitriles is 1. The summed E-state index contributed by atoms with van der Waals surface area (Å²) in [5.41, 5.74) is 2.00. The number of hydrogen-bond donors (Lipinski definition) is 1. The highest BCUT2D eigenvalue weighted by Gasteiger charge is 2.33. The third-order valence-electron chi connectivity index (χ3n) is 6.96. The van der Waals surface area contributed by atoms with Crippen molar-refractivity contribution in [1.29, 1.82) is 5.26 Å². The molecule has 3 aromatic rings. The molecule has 2 aliphatic heterocycles. The van der Waals surface area contributed by atoms with Crippen LogP contribution < -0.4 is 10.1 Å². The number of benzene rings is 2. The molecular formula is C29H23FN4O4. The molecule has 0 bridgehead atoms. The number of pyridine rings is 1. The Morgan fingerprint density at radius 3 is 2.76 bits per heavy atom. The van der Waals surface area contributed by atoms with Gasteiger partial charge in [0.1, 0.15) is 23.1 Å². The predicted octanol–water partition coefficient (Wildman–Crippen LogP) is 4.63. The number of aromatic nitrogens is 1. The minimum atomic E-state index is -0.628. The summed E-state index contributed by atoms with van der Waals surface area (Å²) in [6.07, 6.45) is 6.54. The monoisotopic (exact) mass is 510 g/mol. The standard InChI is InChI=1S/C29H23FN4O4/c30-25-7-4-17(11-26-23-13-21(37-20-2-1-3-20)5-6-22(23)29(36)38-26)10-24(25)28(35)34-15-19(16-34)33-27-12-18(14-31)8-9-32-27/h4-13,19-20H,1-3,15-16H2,(H,32,33)/b26-11+. The Bertz CT molecular complexity index is 1520. The van der Waals surface area contributed by atoms with Crippen LogP contribution in [0.5, 0.6) is 5.75 Å². The lowest BCUT2D eigenvalue weighted by molar-refractivity contribution is 0.0619. The number of hydrogen-bond acceptors (Lipinski definition) is 7. The Balaban J connectivity index is 1.17. The Labute approximate surface area is 218 Å². The summed E-state index contributed by atoms with van der Waals surface area (Å²) < 4.78 is 26.1. The van der Waals surface area contributed by atoms with Gasteiger partial charge in [0.25, 0.3) is 5.91 Å². The summed E-state index contributed by atoms with van der Waals surface area (Å²) in [5, 5.41) is 12.2. The van der Waals surface area contributed by atoms with E-state index >= 15 is 0 Å². The second-order valence-electron chi connectivity index (χ2n) is 9.61. The smallest absolute Gasteiger partial charge is 0.344 e. The van der Waals surface area contributed by atoms with E-state index in [1.165, 1.54) is 23.1 Å². The van der Waals surface area contributed by atoms with E-state index in [9.17, 15) is 14.0 Å². The molecule has 1 N–H and O–H groups in total. The normalized spacial score (nSPS) is 17.7. The largest absolute Gasteiger partial charge is 0.490 e. The fraction of sp³-hybridized carbons (Fsp3) is 0.241. The number of carbonyl (C=O) groups is 2. The van der Waals surface area contributed by atoms with Crippen molar-refractivity contribution in [3.8, 4) is 11.8 Å². The molecule has 6 rings (SSSR count). The maximum atomic E-state index is 14.7. The molecule has 3 heterocycles. The van der Waals surface area contributed by atoms with Crippen molar-refractivity contribution in [2.75, 3.05) is 18.4 Å². The van der Waals surface area contributed by atoms with Crippen molar-refractivity contribution in [3.63, 3.8) is 0 Å². The zero-order valence-electron chi connectivity index (χ0n) is 20.3. The fourth-order valence-corrected chi connectivity index (χ4v) is 4.62. The number of likely N-dealkylation sites (tertiary alicyclic amines) is 1. The van der Waals surface area contributed by atoms with E-state index in [-0.39, 0.29) is 17.7 Å². The molecule has 1 aromatic heterocycles. The third kappa shape index (κ3) is 4.57. The van der Waals surface area contributed by atoms with Crippen LogP contribution in [0.1, 0.15) is 56.7 Å². The number of cyclic esters (lactones) is 1. The molecule has 1 saturated heterocycles. The molecule has 2 aromatic carbocycles. The number of esters is 1. The lowest BCUT2D eigenvalue weighted by Gasteiger charge is -2.39. The van der Waals surface area contributed by atoms with E-state index in [0.29, 0.717) is 52.7 Å². The van der Waals surface area contributed by atoms with Crippen molar-refractivity contribution in [3.05, 3.63) is 88.4 Å². The lowest BCUT2D eigenvalue weighted by atomic mass is 9.96. The van der Waals surface area contributed by atoms with Gasteiger partial charge in [-0.25, -0.2) is 14.2 Å².